The summed E-state index contributed by atoms with van der Waals surface area (Å²) in [5.41, 5.74) is 6.59. The van der Waals surface area contributed by atoms with E-state index in [2.05, 4.69) is 4.98 Å². The van der Waals surface area contributed by atoms with Gasteiger partial charge in [0.25, 0.3) is 5.56 Å². The number of hydrogen-bond acceptors (Lipinski definition) is 6. The minimum Gasteiger partial charge on any atom is -0.329 e. The van der Waals surface area contributed by atoms with Crippen LogP contribution in [0.3, 0.4) is 0 Å². The van der Waals surface area contributed by atoms with Gasteiger partial charge in [-0.25, -0.2) is 9.78 Å². The average Bonchev–Trinajstić information content (AvgIpc) is 3.11. The summed E-state index contributed by atoms with van der Waals surface area (Å²) in [5.74, 6) is -0.423. The van der Waals surface area contributed by atoms with E-state index in [1.807, 2.05) is 33.8 Å². The van der Waals surface area contributed by atoms with E-state index in [1.165, 1.54) is 16.3 Å². The summed E-state index contributed by atoms with van der Waals surface area (Å²) < 4.78 is 3.69. The Bertz CT molecular complexity index is 1360. The van der Waals surface area contributed by atoms with Crippen molar-refractivity contribution >= 4 is 40.3 Å². The molecule has 2 heterocycles. The fourth-order valence-electron chi connectivity index (χ4n) is 3.22. The monoisotopic (exact) mass is 489 g/mol. The van der Waals surface area contributed by atoms with Crippen LogP contribution in [0, 0.1) is 0 Å². The molecule has 0 amide bonds. The molecular weight excluding hydrogens is 462 g/mol. The number of halogens is 1. The first-order valence-corrected chi connectivity index (χ1v) is 11.7. The Morgan fingerprint density at radius 3 is 2.48 bits per heavy atom. The molecule has 8 nitrogen and oxygen atoms in total. The molecule has 0 saturated carbocycles. The number of imidazole rings is 1. The second-order valence-electron chi connectivity index (χ2n) is 8.66. The lowest BCUT2D eigenvalue weighted by molar-refractivity contribution is 0.0969. The number of fused-ring (bicyclic) bond motifs is 1. The van der Waals surface area contributed by atoms with Crippen LogP contribution in [-0.2, 0) is 20.1 Å². The first-order valence-electron chi connectivity index (χ1n) is 10.5. The minimum atomic E-state index is -0.616. The SMILES string of the molecule is CC(C)=CCn1c(SC(C)(C)CN)nc2c1c(=O)n(CC(=O)c1ccccc1Cl)c(=O)n2C. The van der Waals surface area contributed by atoms with Crippen molar-refractivity contribution in [1.29, 1.82) is 0 Å². The van der Waals surface area contributed by atoms with Gasteiger partial charge in [-0.05, 0) is 39.8 Å². The Morgan fingerprint density at radius 1 is 1.21 bits per heavy atom. The maximum Gasteiger partial charge on any atom is 0.332 e. The number of nitrogens with two attached hydrogens (primary N) is 1. The van der Waals surface area contributed by atoms with Gasteiger partial charge in [-0.1, -0.05) is 47.1 Å². The number of rotatable bonds is 8. The number of hydrogen-bond donors (Lipinski definition) is 1. The molecule has 2 N–H and O–H groups in total. The molecule has 0 bridgehead atoms. The third kappa shape index (κ3) is 5.15. The van der Waals surface area contributed by atoms with E-state index in [1.54, 1.807) is 35.9 Å². The van der Waals surface area contributed by atoms with Crippen LogP contribution in [0.1, 0.15) is 38.1 Å². The van der Waals surface area contributed by atoms with Crippen LogP contribution < -0.4 is 17.0 Å². The summed E-state index contributed by atoms with van der Waals surface area (Å²) in [6.07, 6.45) is 1.98. The van der Waals surface area contributed by atoms with Crippen LogP contribution in [0.5, 0.6) is 0 Å². The number of allylic oxidation sites excluding steroid dienone is 2. The molecule has 0 aliphatic rings. The fraction of sp³-hybridized carbons (Fsp3) is 0.391. The van der Waals surface area contributed by atoms with E-state index >= 15 is 0 Å². The molecule has 0 aliphatic carbocycles. The van der Waals surface area contributed by atoms with Gasteiger partial charge in [-0.2, -0.15) is 0 Å². The van der Waals surface area contributed by atoms with Crippen LogP contribution in [-0.4, -0.2) is 35.8 Å². The van der Waals surface area contributed by atoms with Gasteiger partial charge < -0.3 is 10.3 Å². The maximum absolute atomic E-state index is 13.5. The van der Waals surface area contributed by atoms with Crippen LogP contribution in [0.2, 0.25) is 5.02 Å². The normalized spacial score (nSPS) is 11.7. The number of aryl methyl sites for hydroxylation is 1. The van der Waals surface area contributed by atoms with E-state index < -0.39 is 23.6 Å². The highest BCUT2D eigenvalue weighted by Gasteiger charge is 2.26. The van der Waals surface area contributed by atoms with Crippen molar-refractivity contribution in [3.63, 3.8) is 0 Å². The molecule has 0 radical (unpaired) electrons. The second-order valence-corrected chi connectivity index (χ2v) is 10.7. The Kier molecular flexibility index (Phi) is 7.36. The second kappa shape index (κ2) is 9.70. The summed E-state index contributed by atoms with van der Waals surface area (Å²) in [6.45, 7) is 8.28. The largest absolute Gasteiger partial charge is 0.332 e. The topological polar surface area (TPSA) is 105 Å². The standard InChI is InChI=1S/C23H28ClN5O3S/c1-14(2)10-11-28-18-19(26-21(28)33-23(3,4)13-25)27(5)22(32)29(20(18)31)12-17(30)15-8-6-7-9-16(15)24/h6-10H,11-13,25H2,1-5H3. The van der Waals surface area contributed by atoms with Crippen molar-refractivity contribution in [2.24, 2.45) is 12.8 Å². The van der Waals surface area contributed by atoms with Crippen LogP contribution in [0.15, 0.2) is 50.7 Å². The zero-order chi connectivity index (χ0) is 24.5. The molecule has 2 aromatic heterocycles. The van der Waals surface area contributed by atoms with Gasteiger partial charge in [0, 0.05) is 30.4 Å². The van der Waals surface area contributed by atoms with E-state index in [4.69, 9.17) is 17.3 Å². The number of thioether (sulfide) groups is 1. The molecule has 0 fully saturated rings. The van der Waals surface area contributed by atoms with Gasteiger partial charge in [-0.15, -0.1) is 0 Å². The summed E-state index contributed by atoms with van der Waals surface area (Å²) in [7, 11) is 1.54. The van der Waals surface area contributed by atoms with Crippen molar-refractivity contribution in [2.75, 3.05) is 6.54 Å². The Balaban J connectivity index is 2.23. The first-order chi connectivity index (χ1) is 15.5. The molecule has 1 aromatic carbocycles. The minimum absolute atomic E-state index is 0.257. The first kappa shape index (κ1) is 25.0. The van der Waals surface area contributed by atoms with E-state index in [0.29, 0.717) is 18.2 Å². The molecule has 33 heavy (non-hydrogen) atoms. The zero-order valence-corrected chi connectivity index (χ0v) is 21.0. The molecule has 0 aliphatic heterocycles. The van der Waals surface area contributed by atoms with Crippen molar-refractivity contribution in [3.05, 3.63) is 67.3 Å². The lowest BCUT2D eigenvalue weighted by atomic mass is 10.1. The Labute approximate surface area is 201 Å². The number of carbonyl (C=O) groups excluding carboxylic acids is 1. The highest BCUT2D eigenvalue weighted by molar-refractivity contribution is 8.00. The average molecular weight is 490 g/mol. The van der Waals surface area contributed by atoms with Gasteiger partial charge in [-0.3, -0.25) is 18.7 Å². The molecular formula is C23H28ClN5O3S. The van der Waals surface area contributed by atoms with Crippen molar-refractivity contribution in [2.45, 2.75) is 50.7 Å². The molecule has 0 unspecified atom stereocenters. The third-order valence-electron chi connectivity index (χ3n) is 5.21. The van der Waals surface area contributed by atoms with Crippen LogP contribution >= 0.6 is 23.4 Å². The number of Topliss-reactive ketones (excluding diaryl/α,β-unsaturated/α-hetero) is 1. The molecule has 3 rings (SSSR count). The van der Waals surface area contributed by atoms with Gasteiger partial charge in [0.2, 0.25) is 0 Å². The summed E-state index contributed by atoms with van der Waals surface area (Å²) in [4.78, 5) is 44.1. The predicted octanol–water partition coefficient (Wildman–Crippen LogP) is 3.23. The third-order valence-corrected chi connectivity index (χ3v) is 6.76. The maximum atomic E-state index is 13.5. The van der Waals surface area contributed by atoms with Gasteiger partial charge in [0.15, 0.2) is 22.1 Å². The van der Waals surface area contributed by atoms with E-state index in [9.17, 15) is 14.4 Å². The summed E-state index contributed by atoms with van der Waals surface area (Å²) in [5, 5.41) is 0.852. The van der Waals surface area contributed by atoms with Gasteiger partial charge >= 0.3 is 5.69 Å². The smallest absolute Gasteiger partial charge is 0.329 e. The quantitative estimate of drug-likeness (QED) is 0.296. The van der Waals surface area contributed by atoms with Crippen LogP contribution in [0.4, 0.5) is 0 Å². The van der Waals surface area contributed by atoms with Crippen molar-refractivity contribution in [1.82, 2.24) is 18.7 Å². The Morgan fingerprint density at radius 2 is 1.88 bits per heavy atom. The molecule has 0 saturated heterocycles. The van der Waals surface area contributed by atoms with Crippen molar-refractivity contribution in [3.8, 4) is 0 Å². The number of benzene rings is 1. The zero-order valence-electron chi connectivity index (χ0n) is 19.4. The number of carbonyl (C=O) groups is 1. The number of ketones is 1. The number of aromatic nitrogens is 4. The van der Waals surface area contributed by atoms with Gasteiger partial charge in [0.1, 0.15) is 0 Å². The Hall–Kier alpha value is -2.62. The lowest BCUT2D eigenvalue weighted by Crippen LogP contribution is -2.41. The lowest BCUT2D eigenvalue weighted by Gasteiger charge is -2.21. The fourth-order valence-corrected chi connectivity index (χ4v) is 4.44. The molecule has 176 valence electrons. The van der Waals surface area contributed by atoms with E-state index in [-0.39, 0.29) is 26.5 Å². The summed E-state index contributed by atoms with van der Waals surface area (Å²) in [6, 6.07) is 6.55. The number of nitrogens with zero attached hydrogens (tertiary/aromatic N) is 4. The molecule has 0 spiro atoms. The molecule has 10 heteroatoms. The molecule has 0 atom stereocenters. The predicted molar refractivity (Wildman–Crippen MR) is 133 cm³/mol. The van der Waals surface area contributed by atoms with Crippen LogP contribution in [0.25, 0.3) is 11.2 Å². The molecule has 3 aromatic rings. The highest BCUT2D eigenvalue weighted by Crippen LogP contribution is 2.32. The van der Waals surface area contributed by atoms with Gasteiger partial charge in [0.05, 0.1) is 11.6 Å². The summed E-state index contributed by atoms with van der Waals surface area (Å²) >= 11 is 7.58. The highest BCUT2D eigenvalue weighted by atomic mass is 35.5. The van der Waals surface area contributed by atoms with Crippen molar-refractivity contribution < 1.29 is 4.79 Å². The van der Waals surface area contributed by atoms with E-state index in [0.717, 1.165) is 10.1 Å².